The fraction of sp³-hybridized carbons (Fsp3) is 0.533. The molecule has 1 rings (SSSR count). The lowest BCUT2D eigenvalue weighted by Gasteiger charge is -2.19. The Kier molecular flexibility index (Phi) is 6.19. The zero-order valence-corrected chi connectivity index (χ0v) is 13.5. The molecule has 0 fully saturated rings. The van der Waals surface area contributed by atoms with Gasteiger partial charge in [0.25, 0.3) is 0 Å². The molecule has 0 bridgehead atoms. The van der Waals surface area contributed by atoms with Crippen LogP contribution in [0, 0.1) is 11.3 Å². The van der Waals surface area contributed by atoms with Crippen molar-refractivity contribution in [3.63, 3.8) is 0 Å². The van der Waals surface area contributed by atoms with Crippen molar-refractivity contribution in [1.29, 1.82) is 5.26 Å². The van der Waals surface area contributed by atoms with Gasteiger partial charge in [0.1, 0.15) is 12.4 Å². The van der Waals surface area contributed by atoms with Crippen LogP contribution in [0.4, 0.5) is 0 Å². The van der Waals surface area contributed by atoms with Gasteiger partial charge in [-0.1, -0.05) is 32.9 Å². The van der Waals surface area contributed by atoms with Gasteiger partial charge in [-0.3, -0.25) is 0 Å². The van der Waals surface area contributed by atoms with Crippen LogP contribution in [0.2, 0.25) is 0 Å². The van der Waals surface area contributed by atoms with Gasteiger partial charge in [0.15, 0.2) is 0 Å². The molecule has 21 heavy (non-hydrogen) atoms. The first kappa shape index (κ1) is 17.5. The molecule has 5 nitrogen and oxygen atoms in total. The van der Waals surface area contributed by atoms with Crippen LogP contribution < -0.4 is 9.46 Å². The van der Waals surface area contributed by atoms with Crippen LogP contribution in [0.15, 0.2) is 24.3 Å². The molecule has 0 aliphatic heterocycles. The monoisotopic (exact) mass is 310 g/mol. The Morgan fingerprint density at radius 3 is 2.38 bits per heavy atom. The molecule has 0 atom stereocenters. The van der Waals surface area contributed by atoms with E-state index in [1.54, 1.807) is 0 Å². The van der Waals surface area contributed by atoms with E-state index in [4.69, 9.17) is 10.00 Å². The van der Waals surface area contributed by atoms with Crippen molar-refractivity contribution in [3.05, 3.63) is 29.8 Å². The number of nitrogens with zero attached hydrogens (tertiary/aromatic N) is 1. The Morgan fingerprint density at radius 2 is 1.86 bits per heavy atom. The third kappa shape index (κ3) is 6.61. The summed E-state index contributed by atoms with van der Waals surface area (Å²) in [6, 6.07) is 9.58. The van der Waals surface area contributed by atoms with Gasteiger partial charge in [0.2, 0.25) is 10.0 Å². The smallest absolute Gasteiger partial charge is 0.212 e. The maximum atomic E-state index is 11.4. The number of ether oxygens (including phenoxy) is 1. The average molecular weight is 310 g/mol. The number of hydrogen-bond acceptors (Lipinski definition) is 4. The van der Waals surface area contributed by atoms with Crippen molar-refractivity contribution >= 4 is 10.0 Å². The molecule has 0 aromatic heterocycles. The minimum Gasteiger partial charge on any atom is -0.492 e. The average Bonchev–Trinajstić information content (AvgIpc) is 2.41. The van der Waals surface area contributed by atoms with Gasteiger partial charge in [-0.05, 0) is 23.1 Å². The zero-order chi connectivity index (χ0) is 15.9. The van der Waals surface area contributed by atoms with Crippen LogP contribution in [0.5, 0.6) is 5.75 Å². The number of rotatable bonds is 7. The molecule has 6 heteroatoms. The molecule has 0 saturated carbocycles. The van der Waals surface area contributed by atoms with Gasteiger partial charge in [0, 0.05) is 6.54 Å². The van der Waals surface area contributed by atoms with E-state index >= 15 is 0 Å². The number of nitrogens with one attached hydrogen (secondary N) is 1. The summed E-state index contributed by atoms with van der Waals surface area (Å²) in [7, 11) is -3.38. The lowest BCUT2D eigenvalue weighted by Crippen LogP contribution is -2.30. The first-order chi connectivity index (χ1) is 9.74. The van der Waals surface area contributed by atoms with Gasteiger partial charge >= 0.3 is 0 Å². The van der Waals surface area contributed by atoms with Gasteiger partial charge in [0.05, 0.1) is 18.2 Å². The molecule has 0 heterocycles. The van der Waals surface area contributed by atoms with Crippen LogP contribution in [-0.2, 0) is 15.4 Å². The van der Waals surface area contributed by atoms with E-state index in [1.165, 1.54) is 5.56 Å². The van der Waals surface area contributed by atoms with Gasteiger partial charge in [-0.2, -0.15) is 5.26 Å². The maximum absolute atomic E-state index is 11.4. The molecule has 0 radical (unpaired) electrons. The molecule has 1 aromatic carbocycles. The Labute approximate surface area is 127 Å². The van der Waals surface area contributed by atoms with E-state index in [2.05, 4.69) is 25.5 Å². The lowest BCUT2D eigenvalue weighted by atomic mass is 9.87. The third-order valence-electron chi connectivity index (χ3n) is 2.90. The Bertz CT molecular complexity index is 581. The van der Waals surface area contributed by atoms with E-state index in [-0.39, 0.29) is 30.7 Å². The molecular weight excluding hydrogens is 288 g/mol. The van der Waals surface area contributed by atoms with Crippen molar-refractivity contribution in [3.8, 4) is 11.8 Å². The second-order valence-electron chi connectivity index (χ2n) is 5.74. The maximum Gasteiger partial charge on any atom is 0.212 e. The molecule has 0 saturated heterocycles. The van der Waals surface area contributed by atoms with Crippen molar-refractivity contribution in [2.45, 2.75) is 32.6 Å². The first-order valence-electron chi connectivity index (χ1n) is 6.82. The number of sulfonamides is 1. The molecule has 1 N–H and O–H groups in total. The Morgan fingerprint density at radius 1 is 1.24 bits per heavy atom. The summed E-state index contributed by atoms with van der Waals surface area (Å²) in [6.07, 6.45) is -0.00947. The fourth-order valence-electron chi connectivity index (χ4n) is 1.67. The van der Waals surface area contributed by atoms with Gasteiger partial charge in [-0.15, -0.1) is 0 Å². The molecule has 0 unspecified atom stereocenters. The highest BCUT2D eigenvalue weighted by molar-refractivity contribution is 7.89. The van der Waals surface area contributed by atoms with Crippen molar-refractivity contribution in [1.82, 2.24) is 4.72 Å². The molecule has 116 valence electrons. The highest BCUT2D eigenvalue weighted by Crippen LogP contribution is 2.24. The summed E-state index contributed by atoms with van der Waals surface area (Å²) < 4.78 is 30.8. The molecule has 1 aromatic rings. The number of hydrogen-bond donors (Lipinski definition) is 1. The van der Waals surface area contributed by atoms with Crippen LogP contribution in [0.25, 0.3) is 0 Å². The molecule has 0 spiro atoms. The topological polar surface area (TPSA) is 79.2 Å². The minimum absolute atomic E-state index is 0.00947. The van der Waals surface area contributed by atoms with Crippen LogP contribution in [0.1, 0.15) is 32.8 Å². The second kappa shape index (κ2) is 7.43. The van der Waals surface area contributed by atoms with E-state index < -0.39 is 10.0 Å². The second-order valence-corrected chi connectivity index (χ2v) is 7.67. The van der Waals surface area contributed by atoms with E-state index in [0.29, 0.717) is 5.75 Å². The van der Waals surface area contributed by atoms with Crippen molar-refractivity contribution < 1.29 is 13.2 Å². The molecular formula is C15H22N2O3S. The van der Waals surface area contributed by atoms with Crippen LogP contribution in [0.3, 0.4) is 0 Å². The minimum atomic E-state index is -3.38. The number of nitriles is 1. The summed E-state index contributed by atoms with van der Waals surface area (Å²) in [4.78, 5) is 0. The first-order valence-corrected chi connectivity index (χ1v) is 8.47. The van der Waals surface area contributed by atoms with Gasteiger partial charge in [-0.25, -0.2) is 13.1 Å². The summed E-state index contributed by atoms with van der Waals surface area (Å²) in [6.45, 7) is 6.85. The molecule has 0 aliphatic rings. The highest BCUT2D eigenvalue weighted by atomic mass is 32.2. The summed E-state index contributed by atoms with van der Waals surface area (Å²) in [5.74, 6) is 0.531. The standard InChI is InChI=1S/C15H22N2O3S/c1-15(2,3)13-5-7-14(8-6-13)20-11-10-17-21(18,19)12-4-9-16/h5-8,17H,4,10-12H2,1-3H3. The number of benzene rings is 1. The van der Waals surface area contributed by atoms with Crippen molar-refractivity contribution in [2.24, 2.45) is 0 Å². The zero-order valence-electron chi connectivity index (χ0n) is 12.7. The predicted molar refractivity (Wildman–Crippen MR) is 82.7 cm³/mol. The normalized spacial score (nSPS) is 11.9. The van der Waals surface area contributed by atoms with Crippen LogP contribution in [-0.4, -0.2) is 27.3 Å². The van der Waals surface area contributed by atoms with Crippen molar-refractivity contribution in [2.75, 3.05) is 18.9 Å². The SMILES string of the molecule is CC(C)(C)c1ccc(OCCNS(=O)(=O)CCC#N)cc1. The molecule has 0 aliphatic carbocycles. The molecule has 0 amide bonds. The predicted octanol–water partition coefficient (Wildman–Crippen LogP) is 2.20. The van der Waals surface area contributed by atoms with Gasteiger partial charge < -0.3 is 4.74 Å². The third-order valence-corrected chi connectivity index (χ3v) is 4.28. The Hall–Kier alpha value is -1.58. The van der Waals surface area contributed by atoms with Crippen LogP contribution >= 0.6 is 0 Å². The lowest BCUT2D eigenvalue weighted by molar-refractivity contribution is 0.322. The summed E-state index contributed by atoms with van der Waals surface area (Å²) >= 11 is 0. The quantitative estimate of drug-likeness (QED) is 0.783. The summed E-state index contributed by atoms with van der Waals surface area (Å²) in [5.41, 5.74) is 1.31. The Balaban J connectivity index is 2.38. The van der Waals surface area contributed by atoms with E-state index in [0.717, 1.165) is 0 Å². The summed E-state index contributed by atoms with van der Waals surface area (Å²) in [5, 5.41) is 8.36. The largest absolute Gasteiger partial charge is 0.492 e. The highest BCUT2D eigenvalue weighted by Gasteiger charge is 2.13. The van der Waals surface area contributed by atoms with E-state index in [1.807, 2.05) is 30.3 Å². The fourth-order valence-corrected chi connectivity index (χ4v) is 2.57. The van der Waals surface area contributed by atoms with E-state index in [9.17, 15) is 8.42 Å².